The molecule has 2 aromatic carbocycles. The van der Waals surface area contributed by atoms with E-state index < -0.39 is 0 Å². The quantitative estimate of drug-likeness (QED) is 0.619. The number of aromatic nitrogens is 1. The van der Waals surface area contributed by atoms with E-state index in [1.54, 1.807) is 0 Å². The highest BCUT2D eigenvalue weighted by atomic mass is 79.9. The molecule has 0 unspecified atom stereocenters. The van der Waals surface area contributed by atoms with Crippen molar-refractivity contribution in [3.63, 3.8) is 0 Å². The number of nitrogen functional groups attached to an aromatic ring is 1. The number of nitrogens with two attached hydrogens (primary N) is 1. The summed E-state index contributed by atoms with van der Waals surface area (Å²) in [5.41, 5.74) is 5.68. The van der Waals surface area contributed by atoms with Crippen LogP contribution in [0.2, 0.25) is 10.0 Å². The number of hydrogen-bond donors (Lipinski definition) is 1. The standard InChI is InChI=1S/C15H9BrCl2N2O/c16-13-9-4-2-1-3-8(9)5-6-12(13)21-15-11(18)7-10(17)14(19)20-15/h1-7H,(H2,19,20). The lowest BCUT2D eigenvalue weighted by Gasteiger charge is -2.11. The van der Waals surface area contributed by atoms with Gasteiger partial charge in [0.05, 0.1) is 9.50 Å². The Labute approximate surface area is 139 Å². The van der Waals surface area contributed by atoms with Gasteiger partial charge in [0.25, 0.3) is 0 Å². The van der Waals surface area contributed by atoms with Crippen LogP contribution in [0.15, 0.2) is 46.9 Å². The summed E-state index contributed by atoms with van der Waals surface area (Å²) >= 11 is 15.5. The first kappa shape index (κ1) is 14.4. The second-order valence-electron chi connectivity index (χ2n) is 4.34. The van der Waals surface area contributed by atoms with Crippen LogP contribution in [-0.2, 0) is 0 Å². The zero-order valence-electron chi connectivity index (χ0n) is 10.6. The molecule has 3 aromatic rings. The summed E-state index contributed by atoms with van der Waals surface area (Å²) in [6.07, 6.45) is 0. The average molecular weight is 384 g/mol. The monoisotopic (exact) mass is 382 g/mol. The number of hydrogen-bond acceptors (Lipinski definition) is 3. The van der Waals surface area contributed by atoms with E-state index in [-0.39, 0.29) is 11.7 Å². The summed E-state index contributed by atoms with van der Waals surface area (Å²) in [5.74, 6) is 0.993. The Bertz CT molecular complexity index is 839. The number of nitrogens with zero attached hydrogens (tertiary/aromatic N) is 1. The summed E-state index contributed by atoms with van der Waals surface area (Å²) in [6.45, 7) is 0. The first-order valence-electron chi connectivity index (χ1n) is 6.03. The largest absolute Gasteiger partial charge is 0.436 e. The lowest BCUT2D eigenvalue weighted by molar-refractivity contribution is 0.462. The molecule has 0 aliphatic heterocycles. The molecule has 0 amide bonds. The minimum absolute atomic E-state index is 0.174. The maximum absolute atomic E-state index is 6.08. The molecule has 0 aliphatic rings. The molecule has 0 saturated carbocycles. The minimum Gasteiger partial charge on any atom is -0.436 e. The van der Waals surface area contributed by atoms with Gasteiger partial charge in [-0.15, -0.1) is 0 Å². The molecule has 3 rings (SSSR count). The smallest absolute Gasteiger partial charge is 0.240 e. The fraction of sp³-hybridized carbons (Fsp3) is 0. The lowest BCUT2D eigenvalue weighted by atomic mass is 10.1. The summed E-state index contributed by atoms with van der Waals surface area (Å²) in [5, 5.41) is 2.73. The van der Waals surface area contributed by atoms with Gasteiger partial charge in [-0.3, -0.25) is 0 Å². The molecular weight excluding hydrogens is 375 g/mol. The molecule has 6 heteroatoms. The first-order valence-corrected chi connectivity index (χ1v) is 7.58. The first-order chi connectivity index (χ1) is 10.1. The molecule has 0 spiro atoms. The normalized spacial score (nSPS) is 10.8. The summed E-state index contributed by atoms with van der Waals surface area (Å²) < 4.78 is 6.58. The van der Waals surface area contributed by atoms with Gasteiger partial charge in [0.2, 0.25) is 5.88 Å². The molecule has 2 N–H and O–H groups in total. The third kappa shape index (κ3) is 2.79. The minimum atomic E-state index is 0.174. The van der Waals surface area contributed by atoms with E-state index in [1.807, 2.05) is 36.4 Å². The average Bonchev–Trinajstić information content (AvgIpc) is 2.48. The van der Waals surface area contributed by atoms with Crippen molar-refractivity contribution in [3.05, 3.63) is 57.0 Å². The lowest BCUT2D eigenvalue weighted by Crippen LogP contribution is -1.96. The summed E-state index contributed by atoms with van der Waals surface area (Å²) in [4.78, 5) is 4.06. The molecule has 0 saturated heterocycles. The van der Waals surface area contributed by atoms with Crippen LogP contribution < -0.4 is 10.5 Å². The van der Waals surface area contributed by atoms with Gasteiger partial charge < -0.3 is 10.5 Å². The Morgan fingerprint density at radius 2 is 1.81 bits per heavy atom. The molecular formula is C15H9BrCl2N2O. The van der Waals surface area contributed by atoms with Gasteiger partial charge in [0.1, 0.15) is 16.6 Å². The maximum Gasteiger partial charge on any atom is 0.240 e. The molecule has 1 heterocycles. The van der Waals surface area contributed by atoms with E-state index in [2.05, 4.69) is 20.9 Å². The van der Waals surface area contributed by atoms with Crippen molar-refractivity contribution < 1.29 is 4.74 Å². The SMILES string of the molecule is Nc1nc(Oc2ccc3ccccc3c2Br)c(Cl)cc1Cl. The van der Waals surface area contributed by atoms with Crippen LogP contribution in [0.5, 0.6) is 11.6 Å². The van der Waals surface area contributed by atoms with Crippen molar-refractivity contribution in [2.24, 2.45) is 0 Å². The topological polar surface area (TPSA) is 48.1 Å². The van der Waals surface area contributed by atoms with Crippen molar-refractivity contribution >= 4 is 55.7 Å². The highest BCUT2D eigenvalue weighted by Gasteiger charge is 2.12. The van der Waals surface area contributed by atoms with Crippen molar-refractivity contribution in [3.8, 4) is 11.6 Å². The molecule has 0 radical (unpaired) electrons. The number of anilines is 1. The van der Waals surface area contributed by atoms with Crippen LogP contribution in [-0.4, -0.2) is 4.98 Å². The Hall–Kier alpha value is -1.49. The predicted octanol–water partition coefficient (Wildman–Crippen LogP) is 5.68. The van der Waals surface area contributed by atoms with Gasteiger partial charge in [0.15, 0.2) is 0 Å². The Morgan fingerprint density at radius 1 is 1.05 bits per heavy atom. The van der Waals surface area contributed by atoms with Crippen molar-refractivity contribution in [1.82, 2.24) is 4.98 Å². The van der Waals surface area contributed by atoms with Crippen LogP contribution in [0.1, 0.15) is 0 Å². The maximum atomic E-state index is 6.08. The van der Waals surface area contributed by atoms with E-state index in [4.69, 9.17) is 33.7 Å². The third-order valence-corrected chi connectivity index (χ3v) is 4.35. The number of ether oxygens (including phenoxy) is 1. The number of pyridine rings is 1. The second kappa shape index (κ2) is 5.72. The molecule has 0 atom stereocenters. The fourth-order valence-electron chi connectivity index (χ4n) is 1.93. The highest BCUT2D eigenvalue weighted by Crippen LogP contribution is 2.38. The van der Waals surface area contributed by atoms with E-state index in [9.17, 15) is 0 Å². The molecule has 0 bridgehead atoms. The molecule has 0 aliphatic carbocycles. The van der Waals surface area contributed by atoms with Gasteiger partial charge >= 0.3 is 0 Å². The highest BCUT2D eigenvalue weighted by molar-refractivity contribution is 9.10. The number of halogens is 3. The Morgan fingerprint density at radius 3 is 2.62 bits per heavy atom. The zero-order valence-corrected chi connectivity index (χ0v) is 13.7. The van der Waals surface area contributed by atoms with Crippen molar-refractivity contribution in [2.45, 2.75) is 0 Å². The van der Waals surface area contributed by atoms with Gasteiger partial charge in [-0.1, -0.05) is 53.5 Å². The predicted molar refractivity (Wildman–Crippen MR) is 90.4 cm³/mol. The number of rotatable bonds is 2. The van der Waals surface area contributed by atoms with E-state index in [0.717, 1.165) is 15.2 Å². The Kier molecular flexibility index (Phi) is 3.93. The van der Waals surface area contributed by atoms with Gasteiger partial charge in [-0.25, -0.2) is 0 Å². The molecule has 3 nitrogen and oxygen atoms in total. The molecule has 21 heavy (non-hydrogen) atoms. The van der Waals surface area contributed by atoms with Crippen LogP contribution in [0.3, 0.4) is 0 Å². The van der Waals surface area contributed by atoms with Gasteiger partial charge in [-0.2, -0.15) is 4.98 Å². The number of benzene rings is 2. The van der Waals surface area contributed by atoms with Crippen LogP contribution in [0.4, 0.5) is 5.82 Å². The fourth-order valence-corrected chi connectivity index (χ4v) is 2.90. The van der Waals surface area contributed by atoms with E-state index in [0.29, 0.717) is 15.8 Å². The summed E-state index contributed by atoms with van der Waals surface area (Å²) in [6, 6.07) is 13.3. The summed E-state index contributed by atoms with van der Waals surface area (Å²) in [7, 11) is 0. The number of fused-ring (bicyclic) bond motifs is 1. The van der Waals surface area contributed by atoms with Crippen molar-refractivity contribution in [2.75, 3.05) is 5.73 Å². The molecule has 0 fully saturated rings. The van der Waals surface area contributed by atoms with Crippen LogP contribution in [0, 0.1) is 0 Å². The Balaban J connectivity index is 2.06. The van der Waals surface area contributed by atoms with Crippen LogP contribution >= 0.6 is 39.1 Å². The van der Waals surface area contributed by atoms with Gasteiger partial charge in [0, 0.05) is 0 Å². The van der Waals surface area contributed by atoms with Crippen LogP contribution in [0.25, 0.3) is 10.8 Å². The zero-order chi connectivity index (χ0) is 15.0. The molecule has 106 valence electrons. The van der Waals surface area contributed by atoms with E-state index >= 15 is 0 Å². The van der Waals surface area contributed by atoms with Gasteiger partial charge in [-0.05, 0) is 38.8 Å². The second-order valence-corrected chi connectivity index (χ2v) is 5.95. The van der Waals surface area contributed by atoms with E-state index in [1.165, 1.54) is 6.07 Å². The van der Waals surface area contributed by atoms with Crippen molar-refractivity contribution in [1.29, 1.82) is 0 Å². The molecule has 1 aromatic heterocycles. The third-order valence-electron chi connectivity index (χ3n) is 2.96.